The van der Waals surface area contributed by atoms with Crippen molar-refractivity contribution in [2.75, 3.05) is 18.2 Å². The lowest BCUT2D eigenvalue weighted by Crippen LogP contribution is -2.52. The number of carbonyl (C=O) groups is 2. The molecule has 1 heterocycles. The summed E-state index contributed by atoms with van der Waals surface area (Å²) in [6.45, 7) is 0.395. The summed E-state index contributed by atoms with van der Waals surface area (Å²) < 4.78 is 0. The monoisotopic (exact) mass is 295 g/mol. The van der Waals surface area contributed by atoms with Gasteiger partial charge in [-0.1, -0.05) is 12.1 Å². The fourth-order valence-corrected chi connectivity index (χ4v) is 2.60. The first-order chi connectivity index (χ1) is 9.63. The van der Waals surface area contributed by atoms with Crippen molar-refractivity contribution >= 4 is 29.3 Å². The molecule has 0 spiro atoms. The maximum Gasteiger partial charge on any atom is 0.253 e. The Hall–Kier alpha value is -1.73. The van der Waals surface area contributed by atoms with Crippen LogP contribution in [0.3, 0.4) is 0 Å². The van der Waals surface area contributed by atoms with Crippen molar-refractivity contribution in [1.82, 2.24) is 10.7 Å². The van der Waals surface area contributed by atoms with E-state index in [1.54, 1.807) is 11.8 Å². The second kappa shape index (κ2) is 6.62. The van der Waals surface area contributed by atoms with Crippen molar-refractivity contribution in [3.05, 3.63) is 24.3 Å². The Balaban J connectivity index is 1.99. The number of para-hydroxylation sites is 1. The number of thioether (sulfide) groups is 1. The van der Waals surface area contributed by atoms with Gasteiger partial charge in [-0.15, -0.1) is 11.8 Å². The summed E-state index contributed by atoms with van der Waals surface area (Å²) >= 11 is 1.54. The molecule has 2 unspecified atom stereocenters. The minimum absolute atomic E-state index is 0.380. The molecule has 1 aliphatic rings. The van der Waals surface area contributed by atoms with Gasteiger partial charge in [0.05, 0.1) is 11.8 Å². The number of nitrogens with one attached hydrogen (secondary N) is 3. The van der Waals surface area contributed by atoms with Crippen molar-refractivity contribution in [2.24, 2.45) is 5.92 Å². The molecule has 2 atom stereocenters. The molecule has 0 saturated carbocycles. The third kappa shape index (κ3) is 3.23. The number of rotatable bonds is 4. The summed E-state index contributed by atoms with van der Waals surface area (Å²) in [4.78, 5) is 24.6. The lowest BCUT2D eigenvalue weighted by Gasteiger charge is -2.26. The summed E-state index contributed by atoms with van der Waals surface area (Å²) in [5.74, 6) is -2.05. The molecule has 0 aliphatic carbocycles. The molecule has 6 nitrogen and oxygen atoms in total. The van der Waals surface area contributed by atoms with E-state index >= 15 is 0 Å². The topological polar surface area (TPSA) is 90.5 Å². The minimum Gasteiger partial charge on any atom is -0.392 e. The second-order valence-electron chi connectivity index (χ2n) is 4.44. The van der Waals surface area contributed by atoms with Gasteiger partial charge >= 0.3 is 0 Å². The van der Waals surface area contributed by atoms with Crippen molar-refractivity contribution in [3.63, 3.8) is 0 Å². The van der Waals surface area contributed by atoms with Gasteiger partial charge in [0.1, 0.15) is 5.92 Å². The van der Waals surface area contributed by atoms with E-state index in [1.807, 2.05) is 30.5 Å². The smallest absolute Gasteiger partial charge is 0.253 e. The number of aliphatic hydroxyl groups is 1. The summed E-state index contributed by atoms with van der Waals surface area (Å²) in [7, 11) is 0. The SMILES string of the molecule is CSc1ccccc1NNC(=O)C1C(=O)NCCC1O. The number of hydrogen-bond acceptors (Lipinski definition) is 5. The molecule has 20 heavy (non-hydrogen) atoms. The zero-order valence-corrected chi connectivity index (χ0v) is 11.9. The Labute approximate surface area is 121 Å². The van der Waals surface area contributed by atoms with Crippen LogP contribution in [0.25, 0.3) is 0 Å². The second-order valence-corrected chi connectivity index (χ2v) is 5.29. The van der Waals surface area contributed by atoms with Gasteiger partial charge in [0, 0.05) is 11.4 Å². The van der Waals surface area contributed by atoms with Crippen LogP contribution < -0.4 is 16.2 Å². The zero-order valence-electron chi connectivity index (χ0n) is 11.1. The predicted molar refractivity (Wildman–Crippen MR) is 77.1 cm³/mol. The molecule has 0 bridgehead atoms. The summed E-state index contributed by atoms with van der Waals surface area (Å²) in [5, 5.41) is 12.3. The number of hydrogen-bond donors (Lipinski definition) is 4. The molecule has 2 rings (SSSR count). The number of anilines is 1. The van der Waals surface area contributed by atoms with Crippen LogP contribution in [0.5, 0.6) is 0 Å². The first-order valence-electron chi connectivity index (χ1n) is 6.28. The molecule has 1 aromatic carbocycles. The average molecular weight is 295 g/mol. The van der Waals surface area contributed by atoms with E-state index in [-0.39, 0.29) is 0 Å². The number of amides is 2. The van der Waals surface area contributed by atoms with Crippen LogP contribution in [0, 0.1) is 5.92 Å². The Morgan fingerprint density at radius 2 is 2.20 bits per heavy atom. The third-order valence-corrected chi connectivity index (χ3v) is 3.91. The van der Waals surface area contributed by atoms with Gasteiger partial charge in [0.25, 0.3) is 5.91 Å². The van der Waals surface area contributed by atoms with Gasteiger partial charge in [-0.05, 0) is 24.8 Å². The predicted octanol–water partition coefficient (Wildman–Crippen LogP) is 0.349. The van der Waals surface area contributed by atoms with Gasteiger partial charge in [-0.3, -0.25) is 20.4 Å². The van der Waals surface area contributed by atoms with Gasteiger partial charge < -0.3 is 10.4 Å². The molecule has 1 aromatic rings. The van der Waals surface area contributed by atoms with Crippen molar-refractivity contribution in [1.29, 1.82) is 0 Å². The standard InChI is InChI=1S/C13H17N3O3S/c1-20-10-5-3-2-4-8(10)15-16-13(19)11-9(17)6-7-14-12(11)18/h2-5,9,11,15,17H,6-7H2,1H3,(H,14,18)(H,16,19). The molecule has 7 heteroatoms. The van der Waals surface area contributed by atoms with Gasteiger partial charge in [0.2, 0.25) is 5.91 Å². The Kier molecular flexibility index (Phi) is 4.86. The fraction of sp³-hybridized carbons (Fsp3) is 0.385. The number of benzene rings is 1. The number of carbonyl (C=O) groups excluding carboxylic acids is 2. The van der Waals surface area contributed by atoms with Crippen molar-refractivity contribution in [3.8, 4) is 0 Å². The first kappa shape index (κ1) is 14.7. The van der Waals surface area contributed by atoms with Gasteiger partial charge in [-0.2, -0.15) is 0 Å². The number of piperidine rings is 1. The molecule has 2 amide bonds. The van der Waals surface area contributed by atoms with Crippen LogP contribution >= 0.6 is 11.8 Å². The van der Waals surface area contributed by atoms with E-state index in [9.17, 15) is 14.7 Å². The molecule has 0 radical (unpaired) electrons. The van der Waals surface area contributed by atoms with Crippen molar-refractivity contribution in [2.45, 2.75) is 17.4 Å². The highest BCUT2D eigenvalue weighted by Gasteiger charge is 2.36. The Morgan fingerprint density at radius 3 is 2.90 bits per heavy atom. The third-order valence-electron chi connectivity index (χ3n) is 3.12. The Morgan fingerprint density at radius 1 is 1.45 bits per heavy atom. The summed E-state index contributed by atoms with van der Waals surface area (Å²) in [6, 6.07) is 7.48. The molecule has 1 saturated heterocycles. The van der Waals surface area contributed by atoms with Crippen LogP contribution in [0.1, 0.15) is 6.42 Å². The molecule has 0 aromatic heterocycles. The molecule has 4 N–H and O–H groups in total. The number of hydrazine groups is 1. The average Bonchev–Trinajstić information content (AvgIpc) is 2.45. The normalized spacial score (nSPS) is 22.0. The van der Waals surface area contributed by atoms with Crippen molar-refractivity contribution < 1.29 is 14.7 Å². The zero-order chi connectivity index (χ0) is 14.5. The highest BCUT2D eigenvalue weighted by atomic mass is 32.2. The van der Waals surface area contributed by atoms with Crippen LogP contribution in [-0.4, -0.2) is 35.8 Å². The maximum atomic E-state index is 12.0. The summed E-state index contributed by atoms with van der Waals surface area (Å²) in [5.41, 5.74) is 6.02. The highest BCUT2D eigenvalue weighted by Crippen LogP contribution is 2.24. The van der Waals surface area contributed by atoms with E-state index in [4.69, 9.17) is 0 Å². The lowest BCUT2D eigenvalue weighted by molar-refractivity contribution is -0.142. The number of aliphatic hydroxyl groups excluding tert-OH is 1. The van der Waals surface area contributed by atoms with E-state index in [1.165, 1.54) is 0 Å². The van der Waals surface area contributed by atoms with Crippen LogP contribution in [-0.2, 0) is 9.59 Å². The van der Waals surface area contributed by atoms with E-state index < -0.39 is 23.8 Å². The molecule has 1 aliphatic heterocycles. The molecule has 108 valence electrons. The Bertz CT molecular complexity index is 509. The van der Waals surface area contributed by atoms with E-state index in [0.29, 0.717) is 13.0 Å². The van der Waals surface area contributed by atoms with E-state index in [0.717, 1.165) is 10.6 Å². The van der Waals surface area contributed by atoms with Gasteiger partial charge in [-0.25, -0.2) is 0 Å². The molecular weight excluding hydrogens is 278 g/mol. The van der Waals surface area contributed by atoms with Crippen LogP contribution in [0.15, 0.2) is 29.2 Å². The van der Waals surface area contributed by atoms with Crippen LogP contribution in [0.4, 0.5) is 5.69 Å². The largest absolute Gasteiger partial charge is 0.392 e. The lowest BCUT2D eigenvalue weighted by atomic mass is 9.95. The highest BCUT2D eigenvalue weighted by molar-refractivity contribution is 7.98. The van der Waals surface area contributed by atoms with Gasteiger partial charge in [0.15, 0.2) is 0 Å². The molecule has 1 fully saturated rings. The quantitative estimate of drug-likeness (QED) is 0.365. The fourth-order valence-electron chi connectivity index (χ4n) is 2.04. The minimum atomic E-state index is -1.07. The first-order valence-corrected chi connectivity index (χ1v) is 7.50. The maximum absolute atomic E-state index is 12.0. The summed E-state index contributed by atoms with van der Waals surface area (Å²) in [6.07, 6.45) is 1.37. The van der Waals surface area contributed by atoms with E-state index in [2.05, 4.69) is 16.2 Å². The molecular formula is C13H17N3O3S. The van der Waals surface area contributed by atoms with Crippen LogP contribution in [0.2, 0.25) is 0 Å².